The largest absolute Gasteiger partial charge is 0.479 e. The van der Waals surface area contributed by atoms with Crippen molar-refractivity contribution in [2.45, 2.75) is 20.0 Å². The van der Waals surface area contributed by atoms with Crippen LogP contribution in [-0.2, 0) is 4.79 Å². The molecule has 7 nitrogen and oxygen atoms in total. The van der Waals surface area contributed by atoms with Gasteiger partial charge < -0.3 is 19.9 Å². The molecule has 0 aliphatic carbocycles. The van der Waals surface area contributed by atoms with E-state index >= 15 is 0 Å². The van der Waals surface area contributed by atoms with E-state index in [0.29, 0.717) is 22.9 Å². The molecule has 7 heteroatoms. The lowest BCUT2D eigenvalue weighted by molar-refractivity contribution is -0.122. The van der Waals surface area contributed by atoms with Crippen molar-refractivity contribution in [1.82, 2.24) is 5.16 Å². The number of amides is 2. The topological polar surface area (TPSA) is 93.5 Å². The average molecular weight is 363 g/mol. The Kier molecular flexibility index (Phi) is 4.12. The number of aromatic nitrogens is 1. The molecule has 0 unspecified atom stereocenters. The first-order chi connectivity index (χ1) is 13.0. The summed E-state index contributed by atoms with van der Waals surface area (Å²) in [5, 5.41) is 9.32. The van der Waals surface area contributed by atoms with Gasteiger partial charge in [-0.15, -0.1) is 0 Å². The van der Waals surface area contributed by atoms with Crippen molar-refractivity contribution < 1.29 is 18.8 Å². The van der Waals surface area contributed by atoms with Crippen LogP contribution in [0, 0.1) is 6.92 Å². The number of benzene rings is 2. The number of hydrogen-bond donors (Lipinski definition) is 2. The van der Waals surface area contributed by atoms with Gasteiger partial charge in [0.2, 0.25) is 0 Å². The van der Waals surface area contributed by atoms with E-state index in [4.69, 9.17) is 9.26 Å². The lowest BCUT2D eigenvalue weighted by Crippen LogP contribution is -2.34. The minimum Gasteiger partial charge on any atom is -0.479 e. The van der Waals surface area contributed by atoms with Crippen molar-refractivity contribution in [3.63, 3.8) is 0 Å². The predicted octanol–water partition coefficient (Wildman–Crippen LogP) is 3.62. The highest BCUT2D eigenvalue weighted by Crippen LogP contribution is 2.32. The van der Waals surface area contributed by atoms with Crippen molar-refractivity contribution in [1.29, 1.82) is 0 Å². The number of rotatable bonds is 3. The fourth-order valence-corrected chi connectivity index (χ4v) is 2.72. The maximum atomic E-state index is 12.4. The first-order valence-electron chi connectivity index (χ1n) is 8.46. The van der Waals surface area contributed by atoms with Gasteiger partial charge in [0.15, 0.2) is 17.6 Å². The number of aryl methyl sites for hydroxylation is 1. The summed E-state index contributed by atoms with van der Waals surface area (Å²) in [5.74, 6) is 0.433. The van der Waals surface area contributed by atoms with Crippen LogP contribution in [-0.4, -0.2) is 23.1 Å². The highest BCUT2D eigenvalue weighted by Gasteiger charge is 2.24. The first-order valence-corrected chi connectivity index (χ1v) is 8.46. The number of fused-ring (bicyclic) bond motifs is 1. The van der Waals surface area contributed by atoms with Crippen LogP contribution < -0.4 is 15.4 Å². The molecule has 136 valence electrons. The van der Waals surface area contributed by atoms with E-state index in [1.165, 1.54) is 0 Å². The molecule has 0 bridgehead atoms. The fourth-order valence-electron chi connectivity index (χ4n) is 2.72. The molecule has 0 fully saturated rings. The first kappa shape index (κ1) is 16.8. The number of ether oxygens (including phenoxy) is 1. The average Bonchev–Trinajstić information content (AvgIpc) is 3.14. The van der Waals surface area contributed by atoms with E-state index in [9.17, 15) is 9.59 Å². The second kappa shape index (κ2) is 6.60. The molecule has 0 spiro atoms. The van der Waals surface area contributed by atoms with Crippen molar-refractivity contribution in [2.75, 3.05) is 10.6 Å². The number of hydrogen-bond acceptors (Lipinski definition) is 5. The number of carbonyl (C=O) groups is 2. The van der Waals surface area contributed by atoms with Gasteiger partial charge in [-0.25, -0.2) is 0 Å². The number of anilines is 2. The molecule has 0 radical (unpaired) electrons. The molecule has 2 heterocycles. The van der Waals surface area contributed by atoms with Crippen molar-refractivity contribution in [3.8, 4) is 17.1 Å². The van der Waals surface area contributed by atoms with Crippen molar-refractivity contribution in [3.05, 3.63) is 59.8 Å². The van der Waals surface area contributed by atoms with Crippen LogP contribution in [0.3, 0.4) is 0 Å². The van der Waals surface area contributed by atoms with E-state index in [0.717, 1.165) is 11.1 Å². The van der Waals surface area contributed by atoms with Crippen LogP contribution in [0.2, 0.25) is 0 Å². The molecule has 1 aliphatic heterocycles. The van der Waals surface area contributed by atoms with Crippen LogP contribution in [0.5, 0.6) is 5.75 Å². The highest BCUT2D eigenvalue weighted by atomic mass is 16.5. The minimum atomic E-state index is -0.548. The van der Waals surface area contributed by atoms with Crippen LogP contribution in [0.1, 0.15) is 23.0 Å². The SMILES string of the molecule is Cc1ccc(-c2cc(C(=O)Nc3ccc4c(c3)NC(=O)[C@@H](C)O4)no2)cc1. The normalized spacial score (nSPS) is 15.5. The summed E-state index contributed by atoms with van der Waals surface area (Å²) in [6.45, 7) is 3.67. The molecule has 2 N–H and O–H groups in total. The van der Waals surface area contributed by atoms with Gasteiger partial charge in [0.05, 0.1) is 5.69 Å². The van der Waals surface area contributed by atoms with Gasteiger partial charge >= 0.3 is 0 Å². The van der Waals surface area contributed by atoms with Gasteiger partial charge in [-0.2, -0.15) is 0 Å². The summed E-state index contributed by atoms with van der Waals surface area (Å²) in [7, 11) is 0. The number of nitrogens with one attached hydrogen (secondary N) is 2. The molecule has 1 aliphatic rings. The molecule has 27 heavy (non-hydrogen) atoms. The van der Waals surface area contributed by atoms with E-state index in [-0.39, 0.29) is 11.6 Å². The molecule has 2 amide bonds. The Labute approximate surface area is 155 Å². The van der Waals surface area contributed by atoms with Gasteiger partial charge in [-0.3, -0.25) is 9.59 Å². The molecule has 0 saturated heterocycles. The Balaban J connectivity index is 1.51. The van der Waals surface area contributed by atoms with Gasteiger partial charge in [0.1, 0.15) is 5.75 Å². The number of nitrogens with zero attached hydrogens (tertiary/aromatic N) is 1. The Bertz CT molecular complexity index is 1020. The van der Waals surface area contributed by atoms with E-state index in [1.54, 1.807) is 31.2 Å². The van der Waals surface area contributed by atoms with Crippen LogP contribution in [0.25, 0.3) is 11.3 Å². The highest BCUT2D eigenvalue weighted by molar-refractivity contribution is 6.04. The Morgan fingerprint density at radius 3 is 2.70 bits per heavy atom. The van der Waals surface area contributed by atoms with Crippen molar-refractivity contribution in [2.24, 2.45) is 0 Å². The molecule has 4 rings (SSSR count). The fraction of sp³-hybridized carbons (Fsp3) is 0.150. The molecular weight excluding hydrogens is 346 g/mol. The summed E-state index contributed by atoms with van der Waals surface area (Å²) in [6.07, 6.45) is -0.548. The van der Waals surface area contributed by atoms with E-state index in [1.807, 2.05) is 31.2 Å². The Hall–Kier alpha value is -3.61. The van der Waals surface area contributed by atoms with Crippen molar-refractivity contribution >= 4 is 23.2 Å². The lowest BCUT2D eigenvalue weighted by Gasteiger charge is -2.23. The third-order valence-corrected chi connectivity index (χ3v) is 4.25. The summed E-state index contributed by atoms with van der Waals surface area (Å²) in [5.41, 5.74) is 3.16. The molecular formula is C20H17N3O4. The zero-order chi connectivity index (χ0) is 19.0. The lowest BCUT2D eigenvalue weighted by atomic mass is 10.1. The maximum Gasteiger partial charge on any atom is 0.277 e. The monoisotopic (exact) mass is 363 g/mol. The summed E-state index contributed by atoms with van der Waals surface area (Å²) in [4.78, 5) is 24.2. The third kappa shape index (κ3) is 3.39. The molecule has 3 aromatic rings. The summed E-state index contributed by atoms with van der Waals surface area (Å²) < 4.78 is 10.8. The molecule has 2 aromatic carbocycles. The van der Waals surface area contributed by atoms with E-state index < -0.39 is 12.0 Å². The predicted molar refractivity (Wildman–Crippen MR) is 99.8 cm³/mol. The summed E-state index contributed by atoms with van der Waals surface area (Å²) >= 11 is 0. The van der Waals surface area contributed by atoms with Gasteiger partial charge in [0, 0.05) is 17.3 Å². The zero-order valence-electron chi connectivity index (χ0n) is 14.8. The zero-order valence-corrected chi connectivity index (χ0v) is 14.8. The molecule has 1 atom stereocenters. The van der Waals surface area contributed by atoms with Gasteiger partial charge in [0.25, 0.3) is 11.8 Å². The third-order valence-electron chi connectivity index (χ3n) is 4.25. The van der Waals surface area contributed by atoms with Crippen LogP contribution >= 0.6 is 0 Å². The van der Waals surface area contributed by atoms with Crippen LogP contribution in [0.4, 0.5) is 11.4 Å². The van der Waals surface area contributed by atoms with Gasteiger partial charge in [-0.05, 0) is 32.0 Å². The summed E-state index contributed by atoms with van der Waals surface area (Å²) in [6, 6.07) is 14.4. The standard InChI is InChI=1S/C20H17N3O4/c1-11-3-5-13(6-4-11)18-10-16(23-27-18)20(25)21-14-7-8-17-15(9-14)22-19(24)12(2)26-17/h3-10,12H,1-2H3,(H,21,25)(H,22,24)/t12-/m1/s1. The number of carbonyl (C=O) groups excluding carboxylic acids is 2. The second-order valence-electron chi connectivity index (χ2n) is 6.36. The quantitative estimate of drug-likeness (QED) is 0.741. The minimum absolute atomic E-state index is 0.164. The smallest absolute Gasteiger partial charge is 0.277 e. The Morgan fingerprint density at radius 2 is 1.93 bits per heavy atom. The Morgan fingerprint density at radius 1 is 1.15 bits per heavy atom. The van der Waals surface area contributed by atoms with Crippen LogP contribution in [0.15, 0.2) is 53.1 Å². The van der Waals surface area contributed by atoms with E-state index in [2.05, 4.69) is 15.8 Å². The van der Waals surface area contributed by atoms with Gasteiger partial charge in [-0.1, -0.05) is 35.0 Å². The maximum absolute atomic E-state index is 12.4. The molecule has 1 aromatic heterocycles. The molecule has 0 saturated carbocycles. The second-order valence-corrected chi connectivity index (χ2v) is 6.36.